The lowest BCUT2D eigenvalue weighted by molar-refractivity contribution is 0.0652. The number of nitrogens with one attached hydrogen (secondary N) is 1. The van der Waals surface area contributed by atoms with E-state index in [4.69, 9.17) is 0 Å². The van der Waals surface area contributed by atoms with Gasteiger partial charge in [-0.25, -0.2) is 4.39 Å². The summed E-state index contributed by atoms with van der Waals surface area (Å²) in [5, 5.41) is 2.71. The highest BCUT2D eigenvalue weighted by Gasteiger charge is 2.35. The Morgan fingerprint density at radius 3 is 2.52 bits per heavy atom. The second-order valence-electron chi connectivity index (χ2n) is 6.64. The monoisotopic (exact) mass is 368 g/mol. The normalized spacial score (nSPS) is 13.1. The summed E-state index contributed by atoms with van der Waals surface area (Å²) in [6, 6.07) is 9.27. The van der Waals surface area contributed by atoms with Gasteiger partial charge in [-0.3, -0.25) is 19.3 Å². The molecule has 2 aromatic rings. The average molecular weight is 368 g/mol. The SMILES string of the molecule is CCCCN1C(=O)c2ccc(C(=O)NCc3ccc(C)c(F)c3)cc2C1=O. The van der Waals surface area contributed by atoms with Crippen LogP contribution in [-0.4, -0.2) is 29.2 Å². The molecule has 0 radical (unpaired) electrons. The number of hydrogen-bond acceptors (Lipinski definition) is 3. The molecular weight excluding hydrogens is 347 g/mol. The van der Waals surface area contributed by atoms with Gasteiger partial charge in [0.2, 0.25) is 0 Å². The number of benzene rings is 2. The van der Waals surface area contributed by atoms with E-state index in [9.17, 15) is 18.8 Å². The second-order valence-corrected chi connectivity index (χ2v) is 6.64. The summed E-state index contributed by atoms with van der Waals surface area (Å²) in [7, 11) is 0. The van der Waals surface area contributed by atoms with Crippen LogP contribution in [0.25, 0.3) is 0 Å². The maximum atomic E-state index is 13.6. The van der Waals surface area contributed by atoms with Crippen molar-refractivity contribution < 1.29 is 18.8 Å². The van der Waals surface area contributed by atoms with E-state index in [0.717, 1.165) is 12.8 Å². The number of halogens is 1. The first-order valence-corrected chi connectivity index (χ1v) is 8.96. The fraction of sp³-hybridized carbons (Fsp3) is 0.286. The first-order chi connectivity index (χ1) is 12.9. The van der Waals surface area contributed by atoms with Crippen LogP contribution in [0.15, 0.2) is 36.4 Å². The quantitative estimate of drug-likeness (QED) is 0.794. The van der Waals surface area contributed by atoms with Crippen LogP contribution in [0, 0.1) is 12.7 Å². The molecule has 0 saturated heterocycles. The Bertz CT molecular complexity index is 924. The van der Waals surface area contributed by atoms with Crippen molar-refractivity contribution in [1.29, 1.82) is 0 Å². The van der Waals surface area contributed by atoms with Crippen LogP contribution in [0.1, 0.15) is 62.0 Å². The molecule has 0 atom stereocenters. The average Bonchev–Trinajstić information content (AvgIpc) is 2.90. The van der Waals surface area contributed by atoms with Crippen LogP contribution in [0.3, 0.4) is 0 Å². The van der Waals surface area contributed by atoms with E-state index in [1.54, 1.807) is 19.1 Å². The van der Waals surface area contributed by atoms with E-state index in [1.807, 2.05) is 6.92 Å². The zero-order valence-electron chi connectivity index (χ0n) is 15.3. The van der Waals surface area contributed by atoms with E-state index in [1.165, 1.54) is 29.2 Å². The van der Waals surface area contributed by atoms with Gasteiger partial charge < -0.3 is 5.32 Å². The Labute approximate surface area is 157 Å². The molecular formula is C21H21FN2O3. The van der Waals surface area contributed by atoms with E-state index in [-0.39, 0.29) is 35.6 Å². The number of unbranched alkanes of at least 4 members (excludes halogenated alkanes) is 1. The minimum Gasteiger partial charge on any atom is -0.348 e. The third-order valence-corrected chi connectivity index (χ3v) is 4.66. The van der Waals surface area contributed by atoms with Crippen molar-refractivity contribution in [3.05, 3.63) is 70.0 Å². The molecule has 2 aromatic carbocycles. The molecule has 1 aliphatic rings. The summed E-state index contributed by atoms with van der Waals surface area (Å²) in [5.74, 6) is -1.38. The van der Waals surface area contributed by atoms with Gasteiger partial charge in [0.25, 0.3) is 17.7 Å². The number of hydrogen-bond donors (Lipinski definition) is 1. The molecule has 6 heteroatoms. The first kappa shape index (κ1) is 18.8. The summed E-state index contributed by atoms with van der Waals surface area (Å²) >= 11 is 0. The molecule has 5 nitrogen and oxygen atoms in total. The van der Waals surface area contributed by atoms with Crippen LogP contribution in [0.4, 0.5) is 4.39 Å². The highest BCUT2D eigenvalue weighted by Crippen LogP contribution is 2.24. The van der Waals surface area contributed by atoms with Gasteiger partial charge in [0.05, 0.1) is 11.1 Å². The molecule has 140 valence electrons. The Kier molecular flexibility index (Phi) is 5.35. The first-order valence-electron chi connectivity index (χ1n) is 8.96. The van der Waals surface area contributed by atoms with Gasteiger partial charge in [-0.1, -0.05) is 25.5 Å². The largest absolute Gasteiger partial charge is 0.348 e. The maximum Gasteiger partial charge on any atom is 0.261 e. The van der Waals surface area contributed by atoms with Crippen molar-refractivity contribution in [1.82, 2.24) is 10.2 Å². The number of imide groups is 1. The number of amides is 3. The number of aryl methyl sites for hydroxylation is 1. The molecule has 0 spiro atoms. The van der Waals surface area contributed by atoms with Crippen molar-refractivity contribution in [2.75, 3.05) is 6.54 Å². The molecule has 1 N–H and O–H groups in total. The summed E-state index contributed by atoms with van der Waals surface area (Å²) in [4.78, 5) is 38.4. The van der Waals surface area contributed by atoms with Crippen molar-refractivity contribution in [3.8, 4) is 0 Å². The molecule has 0 fully saturated rings. The molecule has 3 rings (SSSR count). The summed E-state index contributed by atoms with van der Waals surface area (Å²) < 4.78 is 13.6. The highest BCUT2D eigenvalue weighted by atomic mass is 19.1. The summed E-state index contributed by atoms with van der Waals surface area (Å²) in [6.07, 6.45) is 1.62. The fourth-order valence-corrected chi connectivity index (χ4v) is 2.98. The molecule has 27 heavy (non-hydrogen) atoms. The van der Waals surface area contributed by atoms with Gasteiger partial charge in [-0.15, -0.1) is 0 Å². The van der Waals surface area contributed by atoms with Crippen molar-refractivity contribution in [3.63, 3.8) is 0 Å². The Morgan fingerprint density at radius 1 is 1.07 bits per heavy atom. The highest BCUT2D eigenvalue weighted by molar-refractivity contribution is 6.22. The maximum absolute atomic E-state index is 13.6. The number of rotatable bonds is 6. The molecule has 3 amide bonds. The topological polar surface area (TPSA) is 66.5 Å². The standard InChI is InChI=1S/C21H21FN2O3/c1-3-4-9-24-20(26)16-8-7-15(11-17(16)21(24)27)19(25)23-12-14-6-5-13(2)18(22)10-14/h5-8,10-11H,3-4,9,12H2,1-2H3,(H,23,25). The van der Waals surface area contributed by atoms with Crippen molar-refractivity contribution in [2.45, 2.75) is 33.2 Å². The molecule has 0 bridgehead atoms. The lowest BCUT2D eigenvalue weighted by Crippen LogP contribution is -2.30. The van der Waals surface area contributed by atoms with Crippen LogP contribution in [-0.2, 0) is 6.54 Å². The number of fused-ring (bicyclic) bond motifs is 1. The molecule has 0 unspecified atom stereocenters. The minimum absolute atomic E-state index is 0.169. The molecule has 0 saturated carbocycles. The fourth-order valence-electron chi connectivity index (χ4n) is 2.98. The number of carbonyl (C=O) groups excluding carboxylic acids is 3. The van der Waals surface area contributed by atoms with E-state index < -0.39 is 0 Å². The zero-order valence-corrected chi connectivity index (χ0v) is 15.3. The number of nitrogens with zero attached hydrogens (tertiary/aromatic N) is 1. The van der Waals surface area contributed by atoms with Gasteiger partial charge in [0.1, 0.15) is 5.82 Å². The predicted octanol–water partition coefficient (Wildman–Crippen LogP) is 3.46. The smallest absolute Gasteiger partial charge is 0.261 e. The Morgan fingerprint density at radius 2 is 1.81 bits per heavy atom. The van der Waals surface area contributed by atoms with Crippen LogP contribution in [0.5, 0.6) is 0 Å². The van der Waals surface area contributed by atoms with Crippen molar-refractivity contribution >= 4 is 17.7 Å². The van der Waals surface area contributed by atoms with Gasteiger partial charge in [-0.05, 0) is 48.7 Å². The Balaban J connectivity index is 1.73. The van der Waals surface area contributed by atoms with E-state index >= 15 is 0 Å². The Hall–Kier alpha value is -3.02. The van der Waals surface area contributed by atoms with Crippen LogP contribution in [0.2, 0.25) is 0 Å². The zero-order chi connectivity index (χ0) is 19.6. The molecule has 1 heterocycles. The molecule has 0 aromatic heterocycles. The third-order valence-electron chi connectivity index (χ3n) is 4.66. The van der Waals surface area contributed by atoms with Gasteiger partial charge >= 0.3 is 0 Å². The van der Waals surface area contributed by atoms with E-state index in [2.05, 4.69) is 5.32 Å². The summed E-state index contributed by atoms with van der Waals surface area (Å²) in [6.45, 7) is 4.21. The molecule has 1 aliphatic heterocycles. The van der Waals surface area contributed by atoms with E-state index in [0.29, 0.717) is 28.8 Å². The van der Waals surface area contributed by atoms with Gasteiger partial charge in [0, 0.05) is 18.7 Å². The minimum atomic E-state index is -0.383. The van der Waals surface area contributed by atoms with Crippen molar-refractivity contribution in [2.24, 2.45) is 0 Å². The molecule has 0 aliphatic carbocycles. The van der Waals surface area contributed by atoms with Crippen LogP contribution < -0.4 is 5.32 Å². The summed E-state index contributed by atoms with van der Waals surface area (Å²) in [5.41, 5.74) is 2.06. The van der Waals surface area contributed by atoms with Crippen LogP contribution >= 0.6 is 0 Å². The van der Waals surface area contributed by atoms with Gasteiger partial charge in [-0.2, -0.15) is 0 Å². The lowest BCUT2D eigenvalue weighted by atomic mass is 10.1. The second kappa shape index (κ2) is 7.70. The predicted molar refractivity (Wildman–Crippen MR) is 99.0 cm³/mol. The third kappa shape index (κ3) is 3.74. The number of carbonyl (C=O) groups is 3. The van der Waals surface area contributed by atoms with Gasteiger partial charge in [0.15, 0.2) is 0 Å². The lowest BCUT2D eigenvalue weighted by Gasteiger charge is -2.12.